The fourth-order valence-electron chi connectivity index (χ4n) is 5.37. The van der Waals surface area contributed by atoms with Gasteiger partial charge >= 0.3 is 0 Å². The molecule has 1 aromatic carbocycles. The Balaban J connectivity index is 1.59. The first-order chi connectivity index (χ1) is 20.6. The molecule has 0 saturated carbocycles. The Kier molecular flexibility index (Phi) is 11.3. The highest BCUT2D eigenvalue weighted by Gasteiger charge is 2.33. The smallest absolute Gasteiger partial charge is 0.258 e. The van der Waals surface area contributed by atoms with Crippen LogP contribution < -0.4 is 16.1 Å². The minimum Gasteiger partial charge on any atom is -0.377 e. The van der Waals surface area contributed by atoms with Crippen LogP contribution in [0.2, 0.25) is 0 Å². The van der Waals surface area contributed by atoms with Crippen LogP contribution in [0.25, 0.3) is 16.8 Å². The number of methoxy groups -OCH3 is 1. The fourth-order valence-corrected chi connectivity index (χ4v) is 5.37. The lowest BCUT2D eigenvalue weighted by Crippen LogP contribution is -2.61. The van der Waals surface area contributed by atoms with Crippen LogP contribution >= 0.6 is 0 Å². The minimum absolute atomic E-state index is 0.00301. The van der Waals surface area contributed by atoms with Gasteiger partial charge in [0.05, 0.1) is 24.4 Å². The van der Waals surface area contributed by atoms with Crippen LogP contribution in [0.1, 0.15) is 64.8 Å². The first kappa shape index (κ1) is 32.5. The van der Waals surface area contributed by atoms with E-state index in [-0.39, 0.29) is 42.6 Å². The first-order valence-electron chi connectivity index (χ1n) is 15.1. The van der Waals surface area contributed by atoms with Gasteiger partial charge in [-0.2, -0.15) is 0 Å². The lowest BCUT2D eigenvalue weighted by Gasteiger charge is -2.35. The molecule has 2 aliphatic rings. The van der Waals surface area contributed by atoms with E-state index in [0.29, 0.717) is 26.0 Å². The molecule has 5 bridgehead atoms. The molecule has 0 aliphatic carbocycles. The number of ether oxygens (including phenoxy) is 3. The summed E-state index contributed by atoms with van der Waals surface area (Å²) in [7, 11) is 1.65. The molecule has 43 heavy (non-hydrogen) atoms. The van der Waals surface area contributed by atoms with Crippen molar-refractivity contribution in [2.75, 3.05) is 27.1 Å². The molecule has 11 nitrogen and oxygen atoms in total. The molecule has 3 N–H and O–H groups in total. The molecular formula is C32H45N5O6. The quantitative estimate of drug-likeness (QED) is 0.483. The number of pyridine rings is 1. The van der Waals surface area contributed by atoms with Crippen molar-refractivity contribution >= 4 is 34.6 Å². The topological polar surface area (TPSA) is 131 Å². The van der Waals surface area contributed by atoms with Crippen molar-refractivity contribution in [2.24, 2.45) is 11.8 Å². The number of hydrogen-bond acceptors (Lipinski definition) is 8. The van der Waals surface area contributed by atoms with E-state index in [4.69, 9.17) is 14.2 Å². The maximum Gasteiger partial charge on any atom is 0.258 e. The van der Waals surface area contributed by atoms with Crippen molar-refractivity contribution in [2.45, 2.75) is 77.8 Å². The van der Waals surface area contributed by atoms with Gasteiger partial charge < -0.3 is 24.8 Å². The predicted molar refractivity (Wildman–Crippen MR) is 163 cm³/mol. The number of benzene rings is 1. The van der Waals surface area contributed by atoms with Crippen LogP contribution in [0.15, 0.2) is 36.5 Å². The normalized spacial score (nSPS) is 28.6. The van der Waals surface area contributed by atoms with Gasteiger partial charge in [0.2, 0.25) is 11.8 Å². The number of carbonyl (C=O) groups is 3. The van der Waals surface area contributed by atoms with Gasteiger partial charge in [0.1, 0.15) is 25.0 Å². The van der Waals surface area contributed by atoms with E-state index in [9.17, 15) is 14.4 Å². The summed E-state index contributed by atoms with van der Waals surface area (Å²) in [6.45, 7) is 10.0. The van der Waals surface area contributed by atoms with Gasteiger partial charge in [0.25, 0.3) is 5.91 Å². The summed E-state index contributed by atoms with van der Waals surface area (Å²) in [5.41, 5.74) is 4.81. The Bertz CT molecular complexity index is 1320. The third-order valence-corrected chi connectivity index (χ3v) is 7.99. The Hall–Kier alpha value is -3.38. The average Bonchev–Trinajstić information content (AvgIpc) is 2.99. The number of hydrogen-bond donors (Lipinski definition) is 3. The van der Waals surface area contributed by atoms with E-state index < -0.39 is 24.1 Å². The number of nitrogens with one attached hydrogen (secondary N) is 3. The molecule has 234 valence electrons. The van der Waals surface area contributed by atoms with Gasteiger partial charge in [-0.15, -0.1) is 0 Å². The number of carbonyl (C=O) groups excluding carboxylic acids is 3. The molecule has 4 rings (SSSR count). The molecule has 1 fully saturated rings. The molecule has 0 radical (unpaired) electrons. The number of rotatable bonds is 2. The van der Waals surface area contributed by atoms with Gasteiger partial charge in [-0.05, 0) is 61.8 Å². The molecule has 3 heterocycles. The van der Waals surface area contributed by atoms with Gasteiger partial charge in [-0.1, -0.05) is 39.0 Å². The van der Waals surface area contributed by atoms with E-state index in [2.05, 4.69) is 27.1 Å². The molecule has 1 aromatic heterocycles. The Morgan fingerprint density at radius 1 is 1.02 bits per heavy atom. The zero-order valence-corrected chi connectivity index (χ0v) is 26.0. The van der Waals surface area contributed by atoms with Gasteiger partial charge in [0.15, 0.2) is 0 Å². The maximum absolute atomic E-state index is 13.3. The third-order valence-electron chi connectivity index (χ3n) is 7.99. The molecule has 6 atom stereocenters. The summed E-state index contributed by atoms with van der Waals surface area (Å²) in [5.74, 6) is -1.06. The molecule has 6 unspecified atom stereocenters. The molecular weight excluding hydrogens is 550 g/mol. The average molecular weight is 596 g/mol. The van der Waals surface area contributed by atoms with Gasteiger partial charge in [-0.25, -0.2) is 5.43 Å². The van der Waals surface area contributed by atoms with Crippen LogP contribution in [-0.4, -0.2) is 79.1 Å². The largest absolute Gasteiger partial charge is 0.377 e. The van der Waals surface area contributed by atoms with E-state index in [1.807, 2.05) is 64.2 Å². The number of fused-ring (bicyclic) bond motifs is 4. The molecule has 1 saturated heterocycles. The van der Waals surface area contributed by atoms with E-state index in [1.165, 1.54) is 5.01 Å². The molecule has 2 aromatic rings. The Morgan fingerprint density at radius 3 is 2.53 bits per heavy atom. The van der Waals surface area contributed by atoms with Gasteiger partial charge in [-0.3, -0.25) is 24.4 Å². The molecule has 0 spiro atoms. The van der Waals surface area contributed by atoms with Gasteiger partial charge in [0, 0.05) is 31.2 Å². The minimum atomic E-state index is -0.816. The third kappa shape index (κ3) is 8.38. The maximum atomic E-state index is 13.3. The van der Waals surface area contributed by atoms with Crippen molar-refractivity contribution in [1.29, 1.82) is 0 Å². The van der Waals surface area contributed by atoms with Crippen LogP contribution in [0, 0.1) is 11.8 Å². The summed E-state index contributed by atoms with van der Waals surface area (Å²) < 4.78 is 17.3. The zero-order chi connectivity index (χ0) is 31.1. The first-order valence-corrected chi connectivity index (χ1v) is 15.1. The summed E-state index contributed by atoms with van der Waals surface area (Å²) in [6, 6.07) is 6.40. The second-order valence-electron chi connectivity index (χ2n) is 11.8. The molecule has 11 heteroatoms. The monoisotopic (exact) mass is 595 g/mol. The van der Waals surface area contributed by atoms with E-state index in [1.54, 1.807) is 14.0 Å². The standard InChI is InChI=1S/C32H45N5O6/c1-19(2)29-31(39)35-22(5)32(40)37-13-7-8-27(36-37)30(38)34-21(4)23-9-10-24-16-33-26(15-25(24)14-23)11-12-28(41-6)20(3)17-42-18-43-29/h9-12,14-16,19-22,27-29,36H,7-8,13,17-18H2,1-6H3,(H,34,38)(H,35,39). The van der Waals surface area contributed by atoms with Crippen molar-refractivity contribution in [3.8, 4) is 0 Å². The van der Waals surface area contributed by atoms with Crippen LogP contribution in [0.5, 0.6) is 0 Å². The lowest BCUT2D eigenvalue weighted by atomic mass is 10.0. The lowest BCUT2D eigenvalue weighted by molar-refractivity contribution is -0.155. The number of hydrazine groups is 1. The molecule has 3 amide bonds. The fraction of sp³-hybridized carbons (Fsp3) is 0.562. The number of aromatic nitrogens is 1. The van der Waals surface area contributed by atoms with Crippen molar-refractivity contribution in [3.63, 3.8) is 0 Å². The number of amides is 3. The summed E-state index contributed by atoms with van der Waals surface area (Å²) >= 11 is 0. The van der Waals surface area contributed by atoms with E-state index >= 15 is 0 Å². The van der Waals surface area contributed by atoms with Crippen LogP contribution in [0.3, 0.4) is 0 Å². The highest BCUT2D eigenvalue weighted by molar-refractivity contribution is 5.90. The van der Waals surface area contributed by atoms with Crippen molar-refractivity contribution < 1.29 is 28.6 Å². The summed E-state index contributed by atoms with van der Waals surface area (Å²) in [4.78, 5) is 44.2. The van der Waals surface area contributed by atoms with Crippen LogP contribution in [0.4, 0.5) is 0 Å². The molecule has 2 aliphatic heterocycles. The summed E-state index contributed by atoms with van der Waals surface area (Å²) in [6.07, 6.45) is 5.92. The second-order valence-corrected chi connectivity index (χ2v) is 11.8. The van der Waals surface area contributed by atoms with Crippen molar-refractivity contribution in [3.05, 3.63) is 47.8 Å². The predicted octanol–water partition coefficient (Wildman–Crippen LogP) is 3.11. The SMILES string of the molecule is COC1C=Cc2cc3cc(ccc3cn2)C(C)NC(=O)C2CCCN(N2)C(=O)C(C)NC(=O)C(C(C)C)OCOCC1C. The zero-order valence-electron chi connectivity index (χ0n) is 26.0. The second kappa shape index (κ2) is 14.9. The summed E-state index contributed by atoms with van der Waals surface area (Å²) in [5, 5.41) is 9.30. The van der Waals surface area contributed by atoms with Crippen LogP contribution in [-0.2, 0) is 28.6 Å². The van der Waals surface area contributed by atoms with E-state index in [0.717, 1.165) is 22.0 Å². The van der Waals surface area contributed by atoms with Crippen molar-refractivity contribution in [1.82, 2.24) is 26.1 Å². The number of nitrogens with zero attached hydrogens (tertiary/aromatic N) is 2. The Morgan fingerprint density at radius 2 is 1.79 bits per heavy atom. The highest BCUT2D eigenvalue weighted by atomic mass is 16.7. The Labute approximate surface area is 253 Å². The highest BCUT2D eigenvalue weighted by Crippen LogP contribution is 2.22.